The number of aliphatic carboxylic acids is 1. The van der Waals surface area contributed by atoms with Gasteiger partial charge in [-0.2, -0.15) is 13.2 Å². The van der Waals surface area contributed by atoms with Gasteiger partial charge in [-0.05, 0) is 86.1 Å². The smallest absolute Gasteiger partial charge is 0.420 e. The molecule has 0 amide bonds. The molecule has 1 aliphatic carbocycles. The van der Waals surface area contributed by atoms with Gasteiger partial charge in [-0.3, -0.25) is 9.69 Å². The predicted octanol–water partition coefficient (Wildman–Crippen LogP) is 7.47. The highest BCUT2D eigenvalue weighted by molar-refractivity contribution is 5.89. The molecule has 3 aliphatic rings. The standard InChI is InChI=1S/C30H38F3NO3/c1-2-19-6-10-25(11-7-19)37-27-13-9-21-16-20(8-12-26(21)28(27)30(31,32)33)14-15-34-23-4-3-5-24(34)18-22(17-23)29(35)36/h8-9,12-13,16,19,22-25H,2-7,10-11,14-15,17-18H2,1H3,(H,35,36)/t19?,22?,23-,24?,25?/m1/s1. The molecule has 0 radical (unpaired) electrons. The summed E-state index contributed by atoms with van der Waals surface area (Å²) in [6, 6.07) is 9.13. The van der Waals surface area contributed by atoms with Crippen LogP contribution in [0.15, 0.2) is 30.3 Å². The fourth-order valence-corrected chi connectivity index (χ4v) is 7.05. The highest BCUT2D eigenvalue weighted by Crippen LogP contribution is 2.43. The minimum Gasteiger partial charge on any atom is -0.490 e. The summed E-state index contributed by atoms with van der Waals surface area (Å²) in [5.41, 5.74) is 0.338. The summed E-state index contributed by atoms with van der Waals surface area (Å²) in [5.74, 6) is -0.350. The Morgan fingerprint density at radius 1 is 1.03 bits per heavy atom. The molecule has 2 aliphatic heterocycles. The van der Waals surface area contributed by atoms with Crippen molar-refractivity contribution in [1.82, 2.24) is 4.90 Å². The van der Waals surface area contributed by atoms with E-state index >= 15 is 0 Å². The van der Waals surface area contributed by atoms with Crippen molar-refractivity contribution in [2.24, 2.45) is 11.8 Å². The molecule has 2 aromatic rings. The van der Waals surface area contributed by atoms with Gasteiger partial charge in [0.1, 0.15) is 11.3 Å². The fraction of sp³-hybridized carbons (Fsp3) is 0.633. The molecule has 37 heavy (non-hydrogen) atoms. The van der Waals surface area contributed by atoms with Crippen LogP contribution in [0.4, 0.5) is 13.2 Å². The van der Waals surface area contributed by atoms with Crippen LogP contribution in [0.3, 0.4) is 0 Å². The molecule has 2 aromatic carbocycles. The van der Waals surface area contributed by atoms with Gasteiger partial charge in [0.2, 0.25) is 0 Å². The zero-order chi connectivity index (χ0) is 26.2. The van der Waals surface area contributed by atoms with Crippen LogP contribution in [0.2, 0.25) is 0 Å². The third kappa shape index (κ3) is 5.76. The summed E-state index contributed by atoms with van der Waals surface area (Å²) in [6.45, 7) is 2.97. The van der Waals surface area contributed by atoms with Crippen LogP contribution < -0.4 is 4.74 Å². The number of carbonyl (C=O) groups is 1. The van der Waals surface area contributed by atoms with Crippen LogP contribution in [0, 0.1) is 11.8 Å². The second-order valence-corrected chi connectivity index (χ2v) is 11.4. The lowest BCUT2D eigenvalue weighted by Gasteiger charge is -2.48. The van der Waals surface area contributed by atoms with Crippen molar-refractivity contribution in [3.05, 3.63) is 41.5 Å². The van der Waals surface area contributed by atoms with E-state index in [2.05, 4.69) is 11.8 Å². The first-order valence-corrected chi connectivity index (χ1v) is 14.0. The van der Waals surface area contributed by atoms with E-state index in [1.807, 2.05) is 12.1 Å². The maximum Gasteiger partial charge on any atom is 0.420 e. The van der Waals surface area contributed by atoms with Crippen LogP contribution in [0.25, 0.3) is 10.8 Å². The number of carboxylic acids is 1. The van der Waals surface area contributed by atoms with Crippen molar-refractivity contribution in [3.63, 3.8) is 0 Å². The molecule has 2 bridgehead atoms. The van der Waals surface area contributed by atoms with Crippen LogP contribution >= 0.6 is 0 Å². The molecule has 202 valence electrons. The zero-order valence-corrected chi connectivity index (χ0v) is 21.6. The van der Waals surface area contributed by atoms with E-state index in [-0.39, 0.29) is 35.2 Å². The van der Waals surface area contributed by atoms with Crippen LogP contribution in [0.5, 0.6) is 5.75 Å². The third-order valence-electron chi connectivity index (χ3n) is 9.13. The Labute approximate surface area is 217 Å². The third-order valence-corrected chi connectivity index (χ3v) is 9.13. The van der Waals surface area contributed by atoms with E-state index in [1.165, 1.54) is 6.07 Å². The van der Waals surface area contributed by atoms with Crippen LogP contribution in [-0.4, -0.2) is 40.7 Å². The first-order chi connectivity index (χ1) is 17.7. The number of fused-ring (bicyclic) bond motifs is 3. The van der Waals surface area contributed by atoms with Crippen molar-refractivity contribution < 1.29 is 27.8 Å². The van der Waals surface area contributed by atoms with E-state index in [0.29, 0.717) is 24.1 Å². The largest absolute Gasteiger partial charge is 0.490 e. The topological polar surface area (TPSA) is 49.8 Å². The molecular formula is C30H38F3NO3. The maximum atomic E-state index is 14.2. The van der Waals surface area contributed by atoms with Crippen molar-refractivity contribution in [1.29, 1.82) is 0 Å². The summed E-state index contributed by atoms with van der Waals surface area (Å²) in [4.78, 5) is 14.0. The first-order valence-electron chi connectivity index (χ1n) is 14.0. The average Bonchev–Trinajstić information content (AvgIpc) is 2.86. The van der Waals surface area contributed by atoms with Gasteiger partial charge in [0.25, 0.3) is 0 Å². The second kappa shape index (κ2) is 10.8. The number of ether oxygens (including phenoxy) is 1. The van der Waals surface area contributed by atoms with Crippen LogP contribution in [-0.2, 0) is 17.4 Å². The Morgan fingerprint density at radius 3 is 2.35 bits per heavy atom. The van der Waals surface area contributed by atoms with Crippen molar-refractivity contribution in [2.45, 2.75) is 102 Å². The number of halogens is 3. The molecule has 1 saturated carbocycles. The van der Waals surface area contributed by atoms with E-state index < -0.39 is 17.7 Å². The van der Waals surface area contributed by atoms with Crippen molar-refractivity contribution in [2.75, 3.05) is 6.54 Å². The minimum absolute atomic E-state index is 0.0539. The molecule has 3 fully saturated rings. The SMILES string of the molecule is CCC1CCC(Oc2ccc3cc(CCN4C5CCC[C@@H]4CC(C(=O)O)C5)ccc3c2C(F)(F)F)CC1. The lowest BCUT2D eigenvalue weighted by molar-refractivity contribution is -0.146. The highest BCUT2D eigenvalue weighted by atomic mass is 19.4. The first kappa shape index (κ1) is 26.3. The lowest BCUT2D eigenvalue weighted by atomic mass is 9.78. The Balaban J connectivity index is 1.32. The van der Waals surface area contributed by atoms with E-state index in [4.69, 9.17) is 4.74 Å². The second-order valence-electron chi connectivity index (χ2n) is 11.4. The number of alkyl halides is 3. The van der Waals surface area contributed by atoms with E-state index in [9.17, 15) is 23.1 Å². The van der Waals surface area contributed by atoms with Gasteiger partial charge in [-0.25, -0.2) is 0 Å². The number of hydrogen-bond donors (Lipinski definition) is 1. The van der Waals surface area contributed by atoms with Gasteiger partial charge < -0.3 is 9.84 Å². The number of benzene rings is 2. The number of piperidine rings is 2. The van der Waals surface area contributed by atoms with Crippen molar-refractivity contribution in [3.8, 4) is 5.75 Å². The van der Waals surface area contributed by atoms with Gasteiger partial charge in [0, 0.05) is 18.6 Å². The van der Waals surface area contributed by atoms with Crippen LogP contribution in [0.1, 0.15) is 82.3 Å². The van der Waals surface area contributed by atoms with Gasteiger partial charge in [0.05, 0.1) is 12.0 Å². The lowest BCUT2D eigenvalue weighted by Crippen LogP contribution is -2.53. The zero-order valence-electron chi connectivity index (χ0n) is 21.6. The average molecular weight is 518 g/mol. The summed E-state index contributed by atoms with van der Waals surface area (Å²) in [6.07, 6.45) is 5.39. The molecule has 4 nitrogen and oxygen atoms in total. The summed E-state index contributed by atoms with van der Waals surface area (Å²) >= 11 is 0. The van der Waals surface area contributed by atoms with Gasteiger partial charge >= 0.3 is 12.1 Å². The Kier molecular flexibility index (Phi) is 7.71. The quantitative estimate of drug-likeness (QED) is 0.414. The van der Waals surface area contributed by atoms with E-state index in [0.717, 1.165) is 69.9 Å². The molecule has 1 N–H and O–H groups in total. The van der Waals surface area contributed by atoms with E-state index in [1.54, 1.807) is 12.1 Å². The molecule has 2 unspecified atom stereocenters. The Morgan fingerprint density at radius 2 is 1.73 bits per heavy atom. The predicted molar refractivity (Wildman–Crippen MR) is 138 cm³/mol. The summed E-state index contributed by atoms with van der Waals surface area (Å²) in [5, 5.41) is 10.3. The normalized spacial score (nSPS) is 28.8. The Bertz CT molecular complexity index is 1100. The number of nitrogens with zero attached hydrogens (tertiary/aromatic N) is 1. The molecule has 0 aromatic heterocycles. The minimum atomic E-state index is -4.50. The molecule has 2 heterocycles. The van der Waals surface area contributed by atoms with Gasteiger partial charge in [-0.15, -0.1) is 0 Å². The fourth-order valence-electron chi connectivity index (χ4n) is 7.05. The number of rotatable bonds is 7. The number of carboxylic acid groups (broad SMARTS) is 1. The summed E-state index contributed by atoms with van der Waals surface area (Å²) in [7, 11) is 0. The van der Waals surface area contributed by atoms with Gasteiger partial charge in [-0.1, -0.05) is 44.0 Å². The number of hydrogen-bond acceptors (Lipinski definition) is 3. The van der Waals surface area contributed by atoms with Gasteiger partial charge in [0.15, 0.2) is 0 Å². The molecular weight excluding hydrogens is 479 g/mol. The Hall–Kier alpha value is -2.28. The highest BCUT2D eigenvalue weighted by Gasteiger charge is 2.40. The monoisotopic (exact) mass is 517 g/mol. The molecule has 3 atom stereocenters. The molecule has 5 rings (SSSR count). The molecule has 0 spiro atoms. The molecule has 7 heteroatoms. The summed E-state index contributed by atoms with van der Waals surface area (Å²) < 4.78 is 48.7. The maximum absolute atomic E-state index is 14.2. The van der Waals surface area contributed by atoms with Crippen molar-refractivity contribution >= 4 is 16.7 Å². The molecule has 2 saturated heterocycles.